The number of ether oxygens (including phenoxy) is 1. The number of benzene rings is 1. The van der Waals surface area contributed by atoms with E-state index in [1.54, 1.807) is 7.11 Å². The molecule has 0 heterocycles. The average Bonchev–Trinajstić information content (AvgIpc) is 3.07. The highest BCUT2D eigenvalue weighted by atomic mass is 32.2. The molecule has 1 aliphatic carbocycles. The zero-order valence-corrected chi connectivity index (χ0v) is 11.7. The average molecular weight is 282 g/mol. The lowest BCUT2D eigenvalue weighted by molar-refractivity contribution is -0.138. The Morgan fingerprint density at radius 1 is 1.47 bits per heavy atom. The van der Waals surface area contributed by atoms with Gasteiger partial charge in [0.15, 0.2) is 0 Å². The summed E-state index contributed by atoms with van der Waals surface area (Å²) in [5.74, 6) is 0.895. The number of aliphatic carboxylic acids is 1. The number of methoxy groups -OCH3 is 1. The van der Waals surface area contributed by atoms with Gasteiger partial charge in [-0.15, -0.1) is 0 Å². The Kier molecular flexibility index (Phi) is 4.24. The van der Waals surface area contributed by atoms with Gasteiger partial charge in [-0.25, -0.2) is 0 Å². The van der Waals surface area contributed by atoms with Crippen molar-refractivity contribution in [1.82, 2.24) is 0 Å². The molecule has 0 aliphatic heterocycles. The second kappa shape index (κ2) is 5.74. The van der Waals surface area contributed by atoms with Gasteiger partial charge < -0.3 is 9.84 Å². The standard InChI is InChI=1S/C14H18O4S/c1-18-12-4-2-3-11(7-12)9-19(17)10-14(5-6-14)8-13(15)16/h2-4,7H,5-6,8-10H2,1H3,(H,15,16). The molecule has 0 bridgehead atoms. The van der Waals surface area contributed by atoms with Crippen LogP contribution in [0.2, 0.25) is 0 Å². The summed E-state index contributed by atoms with van der Waals surface area (Å²) in [6.07, 6.45) is 1.89. The van der Waals surface area contributed by atoms with Gasteiger partial charge in [-0.2, -0.15) is 0 Å². The summed E-state index contributed by atoms with van der Waals surface area (Å²) in [5, 5.41) is 8.84. The van der Waals surface area contributed by atoms with E-state index in [0.717, 1.165) is 24.2 Å². The molecule has 1 saturated carbocycles. The first-order valence-corrected chi connectivity index (χ1v) is 7.71. The maximum absolute atomic E-state index is 12.1. The Bertz CT molecular complexity index is 494. The second-order valence-electron chi connectivity index (χ2n) is 5.15. The summed E-state index contributed by atoms with van der Waals surface area (Å²) < 4.78 is 17.3. The molecule has 1 aromatic carbocycles. The maximum Gasteiger partial charge on any atom is 0.303 e. The molecule has 0 radical (unpaired) electrons. The molecule has 104 valence electrons. The summed E-state index contributed by atoms with van der Waals surface area (Å²) in [6, 6.07) is 7.50. The van der Waals surface area contributed by atoms with Gasteiger partial charge in [0.05, 0.1) is 13.5 Å². The van der Waals surface area contributed by atoms with Crippen LogP contribution < -0.4 is 4.74 Å². The van der Waals surface area contributed by atoms with Crippen LogP contribution in [0.4, 0.5) is 0 Å². The maximum atomic E-state index is 12.1. The van der Waals surface area contributed by atoms with Gasteiger partial charge in [0.1, 0.15) is 5.75 Å². The topological polar surface area (TPSA) is 63.6 Å². The number of rotatable bonds is 7. The summed E-state index contributed by atoms with van der Waals surface area (Å²) in [5.41, 5.74) is 0.749. The van der Waals surface area contributed by atoms with Gasteiger partial charge in [-0.3, -0.25) is 9.00 Å². The normalized spacial score (nSPS) is 17.7. The van der Waals surface area contributed by atoms with Crippen LogP contribution in [0.25, 0.3) is 0 Å². The van der Waals surface area contributed by atoms with Crippen molar-refractivity contribution < 1.29 is 18.8 Å². The molecule has 0 amide bonds. The molecule has 0 aromatic heterocycles. The Morgan fingerprint density at radius 3 is 2.79 bits per heavy atom. The number of hydrogen-bond donors (Lipinski definition) is 1. The number of hydrogen-bond acceptors (Lipinski definition) is 3. The van der Waals surface area contributed by atoms with E-state index >= 15 is 0 Å². The minimum Gasteiger partial charge on any atom is -0.497 e. The Labute approximate surface area is 115 Å². The molecule has 2 rings (SSSR count). The van der Waals surface area contributed by atoms with Crippen LogP contribution in [0.3, 0.4) is 0 Å². The van der Waals surface area contributed by atoms with Gasteiger partial charge in [0, 0.05) is 22.3 Å². The number of carbonyl (C=O) groups is 1. The van der Waals surface area contributed by atoms with Crippen LogP contribution >= 0.6 is 0 Å². The minimum atomic E-state index is -1.02. The second-order valence-corrected chi connectivity index (χ2v) is 6.61. The van der Waals surface area contributed by atoms with Crippen molar-refractivity contribution in [3.05, 3.63) is 29.8 Å². The highest BCUT2D eigenvalue weighted by Gasteiger charge is 2.45. The fourth-order valence-electron chi connectivity index (χ4n) is 2.21. The summed E-state index contributed by atoms with van der Waals surface area (Å²) in [6.45, 7) is 0. The predicted molar refractivity (Wildman–Crippen MR) is 73.6 cm³/mol. The van der Waals surface area contributed by atoms with Gasteiger partial charge in [0.2, 0.25) is 0 Å². The molecular weight excluding hydrogens is 264 g/mol. The van der Waals surface area contributed by atoms with Crippen molar-refractivity contribution in [2.45, 2.75) is 25.0 Å². The minimum absolute atomic E-state index is 0.136. The molecule has 1 aromatic rings. The highest BCUT2D eigenvalue weighted by molar-refractivity contribution is 7.84. The van der Waals surface area contributed by atoms with E-state index in [-0.39, 0.29) is 11.8 Å². The lowest BCUT2D eigenvalue weighted by Gasteiger charge is -2.12. The monoisotopic (exact) mass is 282 g/mol. The smallest absolute Gasteiger partial charge is 0.303 e. The molecule has 1 unspecified atom stereocenters. The van der Waals surface area contributed by atoms with E-state index in [4.69, 9.17) is 9.84 Å². The van der Waals surface area contributed by atoms with Crippen LogP contribution in [0.5, 0.6) is 5.75 Å². The fourth-order valence-corrected chi connectivity index (χ4v) is 3.94. The first-order chi connectivity index (χ1) is 9.03. The quantitative estimate of drug-likeness (QED) is 0.832. The molecule has 1 aliphatic rings. The van der Waals surface area contributed by atoms with E-state index in [1.165, 1.54) is 0 Å². The Hall–Kier alpha value is -1.36. The van der Waals surface area contributed by atoms with Crippen molar-refractivity contribution in [2.75, 3.05) is 12.9 Å². The molecule has 19 heavy (non-hydrogen) atoms. The SMILES string of the molecule is COc1cccc(CS(=O)CC2(CC(=O)O)CC2)c1. The summed E-state index contributed by atoms with van der Waals surface area (Å²) in [4.78, 5) is 10.8. The van der Waals surface area contributed by atoms with E-state index in [9.17, 15) is 9.00 Å². The molecule has 5 heteroatoms. The third kappa shape index (κ3) is 4.06. The third-order valence-electron chi connectivity index (χ3n) is 3.41. The fraction of sp³-hybridized carbons (Fsp3) is 0.500. The molecule has 1 atom stereocenters. The lowest BCUT2D eigenvalue weighted by atomic mass is 10.1. The Balaban J connectivity index is 1.92. The molecule has 1 N–H and O–H groups in total. The van der Waals surface area contributed by atoms with Crippen LogP contribution in [0, 0.1) is 5.41 Å². The van der Waals surface area contributed by atoms with Gasteiger partial charge in [0.25, 0.3) is 0 Å². The molecule has 1 fully saturated rings. The van der Waals surface area contributed by atoms with Crippen molar-refractivity contribution in [1.29, 1.82) is 0 Å². The van der Waals surface area contributed by atoms with Crippen LogP contribution in [-0.2, 0) is 21.3 Å². The molecule has 0 spiro atoms. The van der Waals surface area contributed by atoms with Crippen LogP contribution in [0.1, 0.15) is 24.8 Å². The first-order valence-electron chi connectivity index (χ1n) is 6.23. The summed E-state index contributed by atoms with van der Waals surface area (Å²) >= 11 is 0. The van der Waals surface area contributed by atoms with E-state index in [1.807, 2.05) is 24.3 Å². The number of carboxylic acids is 1. The molecular formula is C14H18O4S. The van der Waals surface area contributed by atoms with Crippen molar-refractivity contribution in [3.63, 3.8) is 0 Å². The molecule has 4 nitrogen and oxygen atoms in total. The van der Waals surface area contributed by atoms with Crippen LogP contribution in [0.15, 0.2) is 24.3 Å². The van der Waals surface area contributed by atoms with Crippen molar-refractivity contribution >= 4 is 16.8 Å². The largest absolute Gasteiger partial charge is 0.497 e. The summed E-state index contributed by atoms with van der Waals surface area (Å²) in [7, 11) is 0.576. The van der Waals surface area contributed by atoms with Crippen molar-refractivity contribution in [2.24, 2.45) is 5.41 Å². The van der Waals surface area contributed by atoms with E-state index < -0.39 is 16.8 Å². The van der Waals surface area contributed by atoms with Gasteiger partial charge in [-0.1, -0.05) is 12.1 Å². The zero-order valence-electron chi connectivity index (χ0n) is 10.9. The van der Waals surface area contributed by atoms with Gasteiger partial charge >= 0.3 is 5.97 Å². The number of carboxylic acid groups (broad SMARTS) is 1. The van der Waals surface area contributed by atoms with Gasteiger partial charge in [-0.05, 0) is 36.0 Å². The highest BCUT2D eigenvalue weighted by Crippen LogP contribution is 2.49. The van der Waals surface area contributed by atoms with E-state index in [2.05, 4.69) is 0 Å². The van der Waals surface area contributed by atoms with Crippen LogP contribution in [-0.4, -0.2) is 28.1 Å². The van der Waals surface area contributed by atoms with E-state index in [0.29, 0.717) is 11.5 Å². The Morgan fingerprint density at radius 2 is 2.21 bits per heavy atom. The lowest BCUT2D eigenvalue weighted by Crippen LogP contribution is -2.17. The first kappa shape index (κ1) is 14.1. The predicted octanol–water partition coefficient (Wildman–Crippen LogP) is 2.20. The van der Waals surface area contributed by atoms with Crippen molar-refractivity contribution in [3.8, 4) is 5.75 Å². The molecule has 0 saturated heterocycles. The zero-order chi connectivity index (χ0) is 13.9. The third-order valence-corrected chi connectivity index (χ3v) is 5.00.